The van der Waals surface area contributed by atoms with Gasteiger partial charge in [-0.3, -0.25) is 0 Å². The Bertz CT molecular complexity index is 690. The fourth-order valence-corrected chi connectivity index (χ4v) is 4.54. The Morgan fingerprint density at radius 3 is 2.36 bits per heavy atom. The molecule has 1 aliphatic rings. The third kappa shape index (κ3) is 3.67. The van der Waals surface area contributed by atoms with Gasteiger partial charge in [-0.1, -0.05) is 87.6 Å². The molecule has 0 saturated heterocycles. The van der Waals surface area contributed by atoms with E-state index in [0.717, 1.165) is 6.42 Å². The third-order valence-electron chi connectivity index (χ3n) is 6.12. The number of fused-ring (bicyclic) bond motifs is 2. The van der Waals surface area contributed by atoms with Crippen LogP contribution in [0.3, 0.4) is 0 Å². The Morgan fingerprint density at radius 1 is 0.920 bits per heavy atom. The van der Waals surface area contributed by atoms with Gasteiger partial charge in [0.05, 0.1) is 5.54 Å². The molecular weight excluding hydrogens is 302 g/mol. The molecule has 0 aromatic heterocycles. The monoisotopic (exact) mass is 335 g/mol. The maximum Gasteiger partial charge on any atom is 0.0664 e. The predicted molar refractivity (Wildman–Crippen MR) is 108 cm³/mol. The molecule has 1 aliphatic carbocycles. The van der Waals surface area contributed by atoms with Crippen LogP contribution in [0.4, 0.5) is 0 Å². The highest BCUT2D eigenvalue weighted by molar-refractivity contribution is 5.50. The lowest BCUT2D eigenvalue weighted by Crippen LogP contribution is -2.38. The zero-order valence-electron chi connectivity index (χ0n) is 16.1. The summed E-state index contributed by atoms with van der Waals surface area (Å²) in [6.45, 7) is 4.63. The van der Waals surface area contributed by atoms with Crippen molar-refractivity contribution < 1.29 is 0 Å². The molecule has 0 radical (unpaired) electrons. The van der Waals surface area contributed by atoms with Crippen molar-refractivity contribution in [1.29, 1.82) is 0 Å². The fraction of sp³-hybridized carbons (Fsp3) is 0.500. The first-order valence-electron chi connectivity index (χ1n) is 10.1. The van der Waals surface area contributed by atoms with E-state index in [-0.39, 0.29) is 5.54 Å². The Labute approximate surface area is 153 Å². The summed E-state index contributed by atoms with van der Waals surface area (Å²) in [6, 6.07) is 18.1. The molecule has 0 spiro atoms. The summed E-state index contributed by atoms with van der Waals surface area (Å²) in [5.41, 5.74) is 5.85. The summed E-state index contributed by atoms with van der Waals surface area (Å²) >= 11 is 0. The third-order valence-corrected chi connectivity index (χ3v) is 6.12. The molecule has 25 heavy (non-hydrogen) atoms. The predicted octanol–water partition coefficient (Wildman–Crippen LogP) is 6.17. The van der Waals surface area contributed by atoms with Crippen molar-refractivity contribution in [1.82, 2.24) is 5.32 Å². The van der Waals surface area contributed by atoms with Crippen LogP contribution in [-0.2, 0) is 12.0 Å². The van der Waals surface area contributed by atoms with Crippen molar-refractivity contribution in [3.8, 4) is 0 Å². The molecule has 3 rings (SSSR count). The summed E-state index contributed by atoms with van der Waals surface area (Å²) in [7, 11) is 2.10. The normalized spacial score (nSPS) is 22.1. The van der Waals surface area contributed by atoms with Gasteiger partial charge in [0, 0.05) is 0 Å². The molecule has 2 aromatic rings. The van der Waals surface area contributed by atoms with Gasteiger partial charge < -0.3 is 5.32 Å². The molecule has 1 heteroatoms. The highest BCUT2D eigenvalue weighted by Crippen LogP contribution is 2.42. The average molecular weight is 336 g/mol. The molecule has 2 atom stereocenters. The summed E-state index contributed by atoms with van der Waals surface area (Å²) in [6.07, 6.45) is 9.26. The van der Waals surface area contributed by atoms with Gasteiger partial charge in [-0.2, -0.15) is 0 Å². The number of rotatable bonds is 7. The molecule has 134 valence electrons. The molecule has 0 aliphatic heterocycles. The smallest absolute Gasteiger partial charge is 0.0664 e. The van der Waals surface area contributed by atoms with Gasteiger partial charge in [0.15, 0.2) is 0 Å². The lowest BCUT2D eigenvalue weighted by molar-refractivity contribution is 0.480. The molecule has 0 bridgehead atoms. The van der Waals surface area contributed by atoms with E-state index in [4.69, 9.17) is 0 Å². The van der Waals surface area contributed by atoms with Crippen LogP contribution in [0, 0.1) is 0 Å². The van der Waals surface area contributed by atoms with E-state index in [1.807, 2.05) is 0 Å². The molecule has 1 N–H and O–H groups in total. The molecular formula is C24H33N. The summed E-state index contributed by atoms with van der Waals surface area (Å²) in [5.74, 6) is 0.633. The van der Waals surface area contributed by atoms with Crippen LogP contribution in [0.15, 0.2) is 48.5 Å². The van der Waals surface area contributed by atoms with Gasteiger partial charge in [-0.25, -0.2) is 0 Å². The Hall–Kier alpha value is -1.60. The molecule has 0 fully saturated rings. The molecule has 0 unspecified atom stereocenters. The Morgan fingerprint density at radius 2 is 1.60 bits per heavy atom. The van der Waals surface area contributed by atoms with Gasteiger partial charge in [-0.15, -0.1) is 0 Å². The van der Waals surface area contributed by atoms with Crippen LogP contribution in [0.5, 0.6) is 0 Å². The summed E-state index contributed by atoms with van der Waals surface area (Å²) in [4.78, 5) is 0. The lowest BCUT2D eigenvalue weighted by Gasteiger charge is -2.32. The van der Waals surface area contributed by atoms with E-state index in [9.17, 15) is 0 Å². The van der Waals surface area contributed by atoms with E-state index in [2.05, 4.69) is 74.7 Å². The second-order valence-corrected chi connectivity index (χ2v) is 7.72. The minimum absolute atomic E-state index is 0.107. The first-order chi connectivity index (χ1) is 12.2. The fourth-order valence-electron chi connectivity index (χ4n) is 4.54. The van der Waals surface area contributed by atoms with E-state index in [0.29, 0.717) is 5.92 Å². The van der Waals surface area contributed by atoms with Crippen LogP contribution in [0.2, 0.25) is 0 Å². The maximum atomic E-state index is 3.64. The maximum absolute atomic E-state index is 3.64. The number of hydrogen-bond acceptors (Lipinski definition) is 1. The quantitative estimate of drug-likeness (QED) is 0.597. The largest absolute Gasteiger partial charge is 0.307 e. The first kappa shape index (κ1) is 18.2. The second-order valence-electron chi connectivity index (χ2n) is 7.72. The van der Waals surface area contributed by atoms with Gasteiger partial charge in [0.1, 0.15) is 0 Å². The minimum atomic E-state index is -0.107. The SMILES string of the molecule is CCCCCCC[C@H]1Cc2ccccc2[C@@](C)(NC)c2ccccc21. The molecule has 2 aromatic carbocycles. The highest BCUT2D eigenvalue weighted by atomic mass is 14.9. The van der Waals surface area contributed by atoms with Crippen molar-refractivity contribution in [2.24, 2.45) is 0 Å². The van der Waals surface area contributed by atoms with Crippen LogP contribution in [-0.4, -0.2) is 7.05 Å². The van der Waals surface area contributed by atoms with Crippen LogP contribution >= 0.6 is 0 Å². The Kier molecular flexibility index (Phi) is 5.96. The zero-order chi connectivity index (χ0) is 17.7. The summed E-state index contributed by atoms with van der Waals surface area (Å²) < 4.78 is 0. The van der Waals surface area contributed by atoms with Crippen LogP contribution in [0.25, 0.3) is 0 Å². The van der Waals surface area contributed by atoms with E-state index in [1.165, 1.54) is 55.2 Å². The molecule has 0 heterocycles. The number of unbranched alkanes of at least 4 members (excludes halogenated alkanes) is 4. The number of benzene rings is 2. The molecule has 0 saturated carbocycles. The number of hydrogen-bond donors (Lipinski definition) is 1. The average Bonchev–Trinajstić information content (AvgIpc) is 2.76. The van der Waals surface area contributed by atoms with E-state index in [1.54, 1.807) is 5.56 Å². The van der Waals surface area contributed by atoms with Gasteiger partial charge in [-0.05, 0) is 55.0 Å². The molecule has 1 nitrogen and oxygen atoms in total. The van der Waals surface area contributed by atoms with Crippen LogP contribution < -0.4 is 5.32 Å². The van der Waals surface area contributed by atoms with Crippen molar-refractivity contribution in [2.75, 3.05) is 7.05 Å². The highest BCUT2D eigenvalue weighted by Gasteiger charge is 2.35. The van der Waals surface area contributed by atoms with Crippen molar-refractivity contribution in [2.45, 2.75) is 70.3 Å². The van der Waals surface area contributed by atoms with E-state index >= 15 is 0 Å². The number of nitrogens with one attached hydrogen (secondary N) is 1. The molecule has 0 amide bonds. The zero-order valence-corrected chi connectivity index (χ0v) is 16.1. The Balaban J connectivity index is 1.94. The second kappa shape index (κ2) is 8.19. The first-order valence-corrected chi connectivity index (χ1v) is 10.1. The minimum Gasteiger partial charge on any atom is -0.307 e. The van der Waals surface area contributed by atoms with Crippen molar-refractivity contribution >= 4 is 0 Å². The van der Waals surface area contributed by atoms with Gasteiger partial charge >= 0.3 is 0 Å². The summed E-state index contributed by atoms with van der Waals surface area (Å²) in [5, 5.41) is 3.64. The van der Waals surface area contributed by atoms with Crippen molar-refractivity contribution in [3.05, 3.63) is 70.8 Å². The van der Waals surface area contributed by atoms with E-state index < -0.39 is 0 Å². The van der Waals surface area contributed by atoms with Gasteiger partial charge in [0.25, 0.3) is 0 Å². The topological polar surface area (TPSA) is 12.0 Å². The van der Waals surface area contributed by atoms with Crippen LogP contribution in [0.1, 0.15) is 80.5 Å². The van der Waals surface area contributed by atoms with Crippen molar-refractivity contribution in [3.63, 3.8) is 0 Å². The van der Waals surface area contributed by atoms with Gasteiger partial charge in [0.2, 0.25) is 0 Å². The standard InChI is InChI=1S/C24H33N/c1-4-5-6-7-8-13-19-18-20-14-9-11-16-22(20)24(2,25-3)23-17-12-10-15-21(19)23/h9-12,14-17,19,25H,4-8,13,18H2,1-3H3/t19-,24+/m0/s1. The lowest BCUT2D eigenvalue weighted by atomic mass is 9.81.